The SMILES string of the molecule is COCCOCCOCc1ccnc(CN)c1. The zero-order chi connectivity index (χ0) is 12.3. The van der Waals surface area contributed by atoms with E-state index in [-0.39, 0.29) is 0 Å². The van der Waals surface area contributed by atoms with Gasteiger partial charge in [0.1, 0.15) is 0 Å². The van der Waals surface area contributed by atoms with E-state index in [0.717, 1.165) is 11.3 Å². The van der Waals surface area contributed by atoms with E-state index >= 15 is 0 Å². The van der Waals surface area contributed by atoms with E-state index in [1.54, 1.807) is 13.3 Å². The van der Waals surface area contributed by atoms with Gasteiger partial charge in [-0.15, -0.1) is 0 Å². The van der Waals surface area contributed by atoms with Gasteiger partial charge in [0.15, 0.2) is 0 Å². The predicted octanol–water partition coefficient (Wildman–Crippen LogP) is 0.720. The quantitative estimate of drug-likeness (QED) is 0.644. The molecule has 0 saturated heterocycles. The monoisotopic (exact) mass is 240 g/mol. The minimum atomic E-state index is 0.452. The number of ether oxygens (including phenoxy) is 3. The van der Waals surface area contributed by atoms with Gasteiger partial charge in [0.25, 0.3) is 0 Å². The van der Waals surface area contributed by atoms with Crippen molar-refractivity contribution in [2.75, 3.05) is 33.5 Å². The fraction of sp³-hybridized carbons (Fsp3) is 0.583. The molecule has 1 rings (SSSR count). The standard InChI is InChI=1S/C12H20N2O3/c1-15-4-5-16-6-7-17-10-11-2-3-14-12(8-11)9-13/h2-3,8H,4-7,9-10,13H2,1H3. The van der Waals surface area contributed by atoms with Crippen LogP contribution in [0.25, 0.3) is 0 Å². The van der Waals surface area contributed by atoms with Crippen molar-refractivity contribution < 1.29 is 14.2 Å². The fourth-order valence-electron chi connectivity index (χ4n) is 1.28. The summed E-state index contributed by atoms with van der Waals surface area (Å²) in [6, 6.07) is 3.87. The van der Waals surface area contributed by atoms with E-state index in [1.807, 2.05) is 12.1 Å². The van der Waals surface area contributed by atoms with Crippen molar-refractivity contribution in [1.82, 2.24) is 4.98 Å². The van der Waals surface area contributed by atoms with Crippen molar-refractivity contribution in [2.45, 2.75) is 13.2 Å². The molecule has 0 amide bonds. The molecule has 5 heteroatoms. The highest BCUT2D eigenvalue weighted by Crippen LogP contribution is 2.02. The molecule has 0 spiro atoms. The molecule has 5 nitrogen and oxygen atoms in total. The maximum atomic E-state index is 5.51. The summed E-state index contributed by atoms with van der Waals surface area (Å²) in [5, 5.41) is 0. The second-order valence-electron chi connectivity index (χ2n) is 3.52. The van der Waals surface area contributed by atoms with Gasteiger partial charge >= 0.3 is 0 Å². The fourth-order valence-corrected chi connectivity index (χ4v) is 1.28. The lowest BCUT2D eigenvalue weighted by molar-refractivity contribution is 0.0199. The highest BCUT2D eigenvalue weighted by molar-refractivity contribution is 5.15. The highest BCUT2D eigenvalue weighted by atomic mass is 16.5. The number of nitrogens with two attached hydrogens (primary N) is 1. The molecule has 0 unspecified atom stereocenters. The van der Waals surface area contributed by atoms with E-state index in [1.165, 1.54) is 0 Å². The van der Waals surface area contributed by atoms with E-state index < -0.39 is 0 Å². The number of hydrogen-bond donors (Lipinski definition) is 1. The smallest absolute Gasteiger partial charge is 0.0719 e. The molecule has 0 fully saturated rings. The van der Waals surface area contributed by atoms with Crippen molar-refractivity contribution in [3.05, 3.63) is 29.6 Å². The van der Waals surface area contributed by atoms with Gasteiger partial charge in [-0.05, 0) is 17.7 Å². The lowest BCUT2D eigenvalue weighted by Gasteiger charge is -2.06. The van der Waals surface area contributed by atoms with Crippen LogP contribution in [0.4, 0.5) is 0 Å². The van der Waals surface area contributed by atoms with Gasteiger partial charge in [-0.3, -0.25) is 4.98 Å². The highest BCUT2D eigenvalue weighted by Gasteiger charge is 1.96. The zero-order valence-corrected chi connectivity index (χ0v) is 10.2. The van der Waals surface area contributed by atoms with Crippen LogP contribution < -0.4 is 5.73 Å². The Morgan fingerprint density at radius 3 is 2.71 bits per heavy atom. The summed E-state index contributed by atoms with van der Waals surface area (Å²) in [4.78, 5) is 4.12. The molecule has 1 aromatic heterocycles. The second-order valence-corrected chi connectivity index (χ2v) is 3.52. The lowest BCUT2D eigenvalue weighted by Crippen LogP contribution is -2.08. The predicted molar refractivity (Wildman–Crippen MR) is 64.5 cm³/mol. The molecule has 0 aliphatic heterocycles. The van der Waals surface area contributed by atoms with Crippen molar-refractivity contribution in [1.29, 1.82) is 0 Å². The van der Waals surface area contributed by atoms with Crippen LogP contribution in [-0.2, 0) is 27.4 Å². The molecule has 0 aromatic carbocycles. The summed E-state index contributed by atoms with van der Waals surface area (Å²) < 4.78 is 15.6. The van der Waals surface area contributed by atoms with Crippen molar-refractivity contribution in [3.63, 3.8) is 0 Å². The Balaban J connectivity index is 2.09. The van der Waals surface area contributed by atoms with Gasteiger partial charge in [-0.25, -0.2) is 0 Å². The lowest BCUT2D eigenvalue weighted by atomic mass is 10.2. The molecule has 17 heavy (non-hydrogen) atoms. The third kappa shape index (κ3) is 6.33. The summed E-state index contributed by atoms with van der Waals surface area (Å²) in [6.45, 7) is 3.38. The Morgan fingerprint density at radius 2 is 1.94 bits per heavy atom. The largest absolute Gasteiger partial charge is 0.382 e. The van der Waals surface area contributed by atoms with Gasteiger partial charge in [0.2, 0.25) is 0 Å². The Labute approximate surface area is 102 Å². The van der Waals surface area contributed by atoms with Crippen LogP contribution in [0.5, 0.6) is 0 Å². The van der Waals surface area contributed by atoms with Gasteiger partial charge in [0.05, 0.1) is 38.7 Å². The van der Waals surface area contributed by atoms with Crippen LogP contribution in [0.15, 0.2) is 18.3 Å². The minimum absolute atomic E-state index is 0.452. The number of pyridine rings is 1. The molecule has 0 aliphatic carbocycles. The van der Waals surface area contributed by atoms with Crippen LogP contribution in [0.3, 0.4) is 0 Å². The topological polar surface area (TPSA) is 66.6 Å². The summed E-state index contributed by atoms with van der Waals surface area (Å²) in [7, 11) is 1.65. The van der Waals surface area contributed by atoms with Crippen molar-refractivity contribution in [3.8, 4) is 0 Å². The first-order valence-electron chi connectivity index (χ1n) is 5.65. The Hall–Kier alpha value is -1.01. The van der Waals surface area contributed by atoms with Crippen LogP contribution in [0.1, 0.15) is 11.3 Å². The number of methoxy groups -OCH3 is 1. The van der Waals surface area contributed by atoms with Crippen LogP contribution in [-0.4, -0.2) is 38.5 Å². The maximum Gasteiger partial charge on any atom is 0.0719 e. The Bertz CT molecular complexity index is 308. The molecule has 1 heterocycles. The summed E-state index contributed by atoms with van der Waals surface area (Å²) in [5.41, 5.74) is 7.46. The molecule has 0 saturated carbocycles. The third-order valence-corrected chi connectivity index (χ3v) is 2.16. The molecule has 96 valence electrons. The zero-order valence-electron chi connectivity index (χ0n) is 10.2. The second kappa shape index (κ2) is 9.07. The molecule has 0 aliphatic rings. The van der Waals surface area contributed by atoms with Gasteiger partial charge < -0.3 is 19.9 Å². The van der Waals surface area contributed by atoms with E-state index in [9.17, 15) is 0 Å². The van der Waals surface area contributed by atoms with Crippen LogP contribution in [0.2, 0.25) is 0 Å². The average molecular weight is 240 g/mol. The normalized spacial score (nSPS) is 10.7. The summed E-state index contributed by atoms with van der Waals surface area (Å²) in [5.74, 6) is 0. The Morgan fingerprint density at radius 1 is 1.18 bits per heavy atom. The van der Waals surface area contributed by atoms with Gasteiger partial charge in [-0.2, -0.15) is 0 Å². The van der Waals surface area contributed by atoms with Crippen LogP contribution in [0, 0.1) is 0 Å². The average Bonchev–Trinajstić information content (AvgIpc) is 2.38. The van der Waals surface area contributed by atoms with E-state index in [4.69, 9.17) is 19.9 Å². The van der Waals surface area contributed by atoms with Crippen LogP contribution >= 0.6 is 0 Å². The summed E-state index contributed by atoms with van der Waals surface area (Å²) >= 11 is 0. The first-order valence-corrected chi connectivity index (χ1v) is 5.65. The molecule has 1 aromatic rings. The van der Waals surface area contributed by atoms with E-state index in [2.05, 4.69) is 4.98 Å². The van der Waals surface area contributed by atoms with Gasteiger partial charge in [0, 0.05) is 19.9 Å². The number of hydrogen-bond acceptors (Lipinski definition) is 5. The summed E-state index contributed by atoms with van der Waals surface area (Å²) in [6.07, 6.45) is 1.75. The van der Waals surface area contributed by atoms with E-state index in [0.29, 0.717) is 39.6 Å². The maximum absolute atomic E-state index is 5.51. The third-order valence-electron chi connectivity index (χ3n) is 2.16. The first kappa shape index (κ1) is 14.1. The minimum Gasteiger partial charge on any atom is -0.382 e. The van der Waals surface area contributed by atoms with Crippen molar-refractivity contribution in [2.24, 2.45) is 5.73 Å². The first-order chi connectivity index (χ1) is 8.36. The molecule has 0 radical (unpaired) electrons. The number of nitrogens with zero attached hydrogens (tertiary/aromatic N) is 1. The molecule has 2 N–H and O–H groups in total. The molecule has 0 atom stereocenters. The molecular weight excluding hydrogens is 220 g/mol. The Kier molecular flexibility index (Phi) is 7.49. The van der Waals surface area contributed by atoms with Gasteiger partial charge in [-0.1, -0.05) is 0 Å². The van der Waals surface area contributed by atoms with Crippen molar-refractivity contribution >= 4 is 0 Å². The molecule has 0 bridgehead atoms. The molecular formula is C12H20N2O3. The number of rotatable bonds is 9. The number of aromatic nitrogens is 1.